The topological polar surface area (TPSA) is 106 Å². The number of fused-ring (bicyclic) bond motifs is 1. The number of hydrogen-bond acceptors (Lipinski definition) is 7. The monoisotopic (exact) mass is 485 g/mol. The van der Waals surface area contributed by atoms with E-state index in [0.29, 0.717) is 36.3 Å². The van der Waals surface area contributed by atoms with Crippen LogP contribution in [0.3, 0.4) is 0 Å². The van der Waals surface area contributed by atoms with E-state index in [9.17, 15) is 18.0 Å². The Morgan fingerprint density at radius 1 is 1.09 bits per heavy atom. The third-order valence-electron chi connectivity index (χ3n) is 6.13. The minimum atomic E-state index is -4.65. The van der Waals surface area contributed by atoms with Crippen LogP contribution in [0.4, 0.5) is 19.0 Å². The van der Waals surface area contributed by atoms with Crippen molar-refractivity contribution in [2.45, 2.75) is 32.0 Å². The summed E-state index contributed by atoms with van der Waals surface area (Å²) in [5, 5.41) is 18.0. The fourth-order valence-electron chi connectivity index (χ4n) is 4.17. The fraction of sp³-hybridized carbons (Fsp3) is 0.364. The highest BCUT2D eigenvalue weighted by Crippen LogP contribution is 2.29. The first-order chi connectivity index (χ1) is 16.8. The third-order valence-corrected chi connectivity index (χ3v) is 6.13. The first kappa shape index (κ1) is 22.7. The van der Waals surface area contributed by atoms with Crippen LogP contribution in [0.1, 0.15) is 37.2 Å². The number of halogens is 3. The Hall–Kier alpha value is -4.03. The molecule has 1 fully saturated rings. The second-order valence-electron chi connectivity index (χ2n) is 8.41. The molecule has 0 bridgehead atoms. The Balaban J connectivity index is 1.19. The Bertz CT molecular complexity index is 1310. The van der Waals surface area contributed by atoms with Gasteiger partial charge in [0.25, 0.3) is 5.82 Å². The predicted octanol–water partition coefficient (Wildman–Crippen LogP) is 2.82. The van der Waals surface area contributed by atoms with E-state index in [1.165, 1.54) is 12.4 Å². The second kappa shape index (κ2) is 8.96. The van der Waals surface area contributed by atoms with E-state index in [-0.39, 0.29) is 23.5 Å². The van der Waals surface area contributed by atoms with Crippen molar-refractivity contribution in [2.24, 2.45) is 5.92 Å². The number of nitrogens with zero attached hydrogens (tertiary/aromatic N) is 8. The molecule has 1 N–H and O–H groups in total. The van der Waals surface area contributed by atoms with Gasteiger partial charge in [-0.1, -0.05) is 12.1 Å². The lowest BCUT2D eigenvalue weighted by atomic mass is 9.95. The summed E-state index contributed by atoms with van der Waals surface area (Å²) in [6.45, 7) is 2.93. The average molecular weight is 485 g/mol. The first-order valence-corrected chi connectivity index (χ1v) is 11.1. The number of benzene rings is 1. The molecule has 1 aliphatic rings. The third kappa shape index (κ3) is 4.66. The van der Waals surface area contributed by atoms with Crippen LogP contribution >= 0.6 is 0 Å². The van der Waals surface area contributed by atoms with Gasteiger partial charge < -0.3 is 10.2 Å². The molecule has 182 valence electrons. The van der Waals surface area contributed by atoms with Crippen molar-refractivity contribution in [3.63, 3.8) is 0 Å². The number of anilines is 1. The zero-order valence-electron chi connectivity index (χ0n) is 18.7. The van der Waals surface area contributed by atoms with Gasteiger partial charge in [0, 0.05) is 19.0 Å². The number of hydrogen-bond donors (Lipinski definition) is 1. The van der Waals surface area contributed by atoms with Crippen molar-refractivity contribution in [3.05, 3.63) is 60.4 Å². The highest BCUT2D eigenvalue weighted by atomic mass is 19.4. The average Bonchev–Trinajstić information content (AvgIpc) is 3.54. The van der Waals surface area contributed by atoms with E-state index >= 15 is 0 Å². The number of aromatic nitrogens is 7. The van der Waals surface area contributed by atoms with E-state index in [0.717, 1.165) is 11.3 Å². The molecule has 0 saturated carbocycles. The van der Waals surface area contributed by atoms with Gasteiger partial charge in [0.2, 0.25) is 5.91 Å². The Kier molecular flexibility index (Phi) is 5.83. The molecule has 1 aliphatic heterocycles. The molecule has 0 radical (unpaired) electrons. The van der Waals surface area contributed by atoms with E-state index in [2.05, 4.69) is 30.7 Å². The molecule has 0 aliphatic carbocycles. The number of amides is 1. The summed E-state index contributed by atoms with van der Waals surface area (Å²) >= 11 is 0. The van der Waals surface area contributed by atoms with Gasteiger partial charge in [0.1, 0.15) is 18.5 Å². The standard InChI is InChI=1S/C22H22F3N9O/c1-14(15-2-4-17(5-3-15)33-13-26-12-27-33)28-20(35)16-8-10-32(11-9-16)19-7-6-18-29-30-21(22(23,24)25)34(18)31-19/h2-7,12-14,16H,8-11H2,1H3,(H,28,35). The molecule has 5 rings (SSSR count). The smallest absolute Gasteiger partial charge is 0.355 e. The Morgan fingerprint density at radius 2 is 1.83 bits per heavy atom. The van der Waals surface area contributed by atoms with Crippen LogP contribution in [-0.4, -0.2) is 53.6 Å². The summed E-state index contributed by atoms with van der Waals surface area (Å²) in [4.78, 5) is 18.7. The van der Waals surface area contributed by atoms with Crippen molar-refractivity contribution in [1.82, 2.24) is 39.9 Å². The van der Waals surface area contributed by atoms with Gasteiger partial charge in [-0.3, -0.25) is 4.79 Å². The summed E-state index contributed by atoms with van der Waals surface area (Å²) in [5.41, 5.74) is 1.86. The van der Waals surface area contributed by atoms with Crippen LogP contribution in [-0.2, 0) is 11.0 Å². The van der Waals surface area contributed by atoms with Gasteiger partial charge in [0.15, 0.2) is 5.65 Å². The summed E-state index contributed by atoms with van der Waals surface area (Å²) in [7, 11) is 0. The molecule has 35 heavy (non-hydrogen) atoms. The minimum absolute atomic E-state index is 0.0265. The summed E-state index contributed by atoms with van der Waals surface area (Å²) in [5.74, 6) is -0.999. The zero-order chi connectivity index (χ0) is 24.6. The first-order valence-electron chi connectivity index (χ1n) is 11.1. The number of nitrogens with one attached hydrogen (secondary N) is 1. The molecule has 10 nitrogen and oxygen atoms in total. The number of carbonyl (C=O) groups excluding carboxylic acids is 1. The van der Waals surface area contributed by atoms with Crippen molar-refractivity contribution in [2.75, 3.05) is 18.0 Å². The number of rotatable bonds is 5. The highest BCUT2D eigenvalue weighted by Gasteiger charge is 2.38. The maximum absolute atomic E-state index is 13.1. The molecule has 1 saturated heterocycles. The molecule has 1 amide bonds. The van der Waals surface area contributed by atoms with Crippen molar-refractivity contribution in [1.29, 1.82) is 0 Å². The minimum Gasteiger partial charge on any atom is -0.355 e. The van der Waals surface area contributed by atoms with Crippen molar-refractivity contribution < 1.29 is 18.0 Å². The van der Waals surface area contributed by atoms with Crippen LogP contribution in [0.25, 0.3) is 11.3 Å². The van der Waals surface area contributed by atoms with Crippen LogP contribution in [0, 0.1) is 5.92 Å². The lowest BCUT2D eigenvalue weighted by Crippen LogP contribution is -2.41. The SMILES string of the molecule is CC(NC(=O)C1CCN(c2ccc3nnc(C(F)(F)F)n3n2)CC1)c1ccc(-n2cncn2)cc1. The lowest BCUT2D eigenvalue weighted by Gasteiger charge is -2.32. The summed E-state index contributed by atoms with van der Waals surface area (Å²) in [6.07, 6.45) is -0.439. The fourth-order valence-corrected chi connectivity index (χ4v) is 4.17. The van der Waals surface area contributed by atoms with E-state index in [1.807, 2.05) is 36.1 Å². The van der Waals surface area contributed by atoms with Gasteiger partial charge in [-0.05, 0) is 49.6 Å². The molecule has 4 aromatic rings. The van der Waals surface area contributed by atoms with Crippen LogP contribution < -0.4 is 10.2 Å². The predicted molar refractivity (Wildman–Crippen MR) is 119 cm³/mol. The second-order valence-corrected chi connectivity index (χ2v) is 8.41. The van der Waals surface area contributed by atoms with Gasteiger partial charge >= 0.3 is 6.18 Å². The maximum atomic E-state index is 13.1. The number of alkyl halides is 3. The molecule has 1 atom stereocenters. The normalized spacial score (nSPS) is 15.9. The van der Waals surface area contributed by atoms with Gasteiger partial charge in [0.05, 0.1) is 11.7 Å². The van der Waals surface area contributed by atoms with Crippen LogP contribution in [0.15, 0.2) is 49.1 Å². The zero-order valence-corrected chi connectivity index (χ0v) is 18.7. The van der Waals surface area contributed by atoms with E-state index < -0.39 is 12.0 Å². The van der Waals surface area contributed by atoms with Gasteiger partial charge in [-0.2, -0.15) is 22.8 Å². The number of carbonyl (C=O) groups is 1. The molecule has 3 aromatic heterocycles. The van der Waals surface area contributed by atoms with E-state index in [1.54, 1.807) is 17.1 Å². The molecule has 1 aromatic carbocycles. The Labute approximate surface area is 197 Å². The summed E-state index contributed by atoms with van der Waals surface area (Å²) < 4.78 is 41.8. The van der Waals surface area contributed by atoms with Crippen molar-refractivity contribution in [3.8, 4) is 5.69 Å². The summed E-state index contributed by atoms with van der Waals surface area (Å²) in [6, 6.07) is 10.6. The van der Waals surface area contributed by atoms with Crippen molar-refractivity contribution >= 4 is 17.4 Å². The molecule has 4 heterocycles. The molecule has 13 heteroatoms. The molecular formula is C22H22F3N9O. The molecule has 0 spiro atoms. The van der Waals surface area contributed by atoms with Crippen LogP contribution in [0.5, 0.6) is 0 Å². The van der Waals surface area contributed by atoms with Gasteiger partial charge in [-0.25, -0.2) is 9.67 Å². The lowest BCUT2D eigenvalue weighted by molar-refractivity contribution is -0.146. The Morgan fingerprint density at radius 3 is 2.49 bits per heavy atom. The van der Waals surface area contributed by atoms with E-state index in [4.69, 9.17) is 0 Å². The molecular weight excluding hydrogens is 463 g/mol. The van der Waals surface area contributed by atoms with Crippen LogP contribution in [0.2, 0.25) is 0 Å². The highest BCUT2D eigenvalue weighted by molar-refractivity contribution is 5.79. The maximum Gasteiger partial charge on any atom is 0.453 e. The quantitative estimate of drug-likeness (QED) is 0.463. The molecule has 1 unspecified atom stereocenters. The van der Waals surface area contributed by atoms with Gasteiger partial charge in [-0.15, -0.1) is 15.3 Å². The largest absolute Gasteiger partial charge is 0.453 e. The number of piperidine rings is 1.